The Bertz CT molecular complexity index is 889. The summed E-state index contributed by atoms with van der Waals surface area (Å²) in [6.07, 6.45) is 3.32. The molecule has 132 valence electrons. The van der Waals surface area contributed by atoms with Gasteiger partial charge in [-0.25, -0.2) is 4.68 Å². The molecule has 0 radical (unpaired) electrons. The molecule has 1 N–H and O–H groups in total. The van der Waals surface area contributed by atoms with Gasteiger partial charge in [-0.3, -0.25) is 14.6 Å². The van der Waals surface area contributed by atoms with Crippen LogP contribution in [-0.4, -0.2) is 33.1 Å². The van der Waals surface area contributed by atoms with Crippen molar-refractivity contribution in [3.63, 3.8) is 0 Å². The van der Waals surface area contributed by atoms with Crippen molar-refractivity contribution in [2.75, 3.05) is 11.9 Å². The number of anilines is 1. The lowest BCUT2D eigenvalue weighted by Crippen LogP contribution is -2.22. The molecule has 7 nitrogen and oxygen atoms in total. The van der Waals surface area contributed by atoms with Crippen molar-refractivity contribution >= 4 is 17.5 Å². The van der Waals surface area contributed by atoms with Crippen LogP contribution in [0.1, 0.15) is 23.0 Å². The number of rotatable bonds is 7. The number of aromatic nitrogens is 3. The molecule has 0 unspecified atom stereocenters. The number of hydrogen-bond donors (Lipinski definition) is 1. The van der Waals surface area contributed by atoms with E-state index in [1.165, 1.54) is 6.92 Å². The maximum atomic E-state index is 12.1. The van der Waals surface area contributed by atoms with Crippen LogP contribution in [0.15, 0.2) is 60.9 Å². The Morgan fingerprint density at radius 1 is 1.08 bits per heavy atom. The topological polar surface area (TPSA) is 86.1 Å². The molecule has 3 rings (SSSR count). The number of nitrogens with zero attached hydrogens (tertiary/aromatic N) is 3. The number of Topliss-reactive ketones (excluding diaryl/α,β-unsaturated/α-hetero) is 1. The zero-order chi connectivity index (χ0) is 18.4. The molecule has 0 saturated carbocycles. The van der Waals surface area contributed by atoms with Gasteiger partial charge in [-0.1, -0.05) is 6.07 Å². The molecule has 0 aliphatic carbocycles. The van der Waals surface area contributed by atoms with Gasteiger partial charge in [0.15, 0.2) is 12.4 Å². The molecule has 1 aromatic carbocycles. The summed E-state index contributed by atoms with van der Waals surface area (Å²) in [5.74, 6) is 0.766. The number of nitrogens with one attached hydrogen (secondary N) is 1. The van der Waals surface area contributed by atoms with Crippen LogP contribution >= 0.6 is 0 Å². The first-order valence-corrected chi connectivity index (χ1v) is 8.07. The van der Waals surface area contributed by atoms with E-state index >= 15 is 0 Å². The molecule has 0 spiro atoms. The summed E-state index contributed by atoms with van der Waals surface area (Å²) in [7, 11) is 0. The molecular weight excluding hydrogens is 332 g/mol. The number of carbonyl (C=O) groups is 2. The van der Waals surface area contributed by atoms with Crippen molar-refractivity contribution in [3.8, 4) is 5.75 Å². The van der Waals surface area contributed by atoms with E-state index in [2.05, 4.69) is 15.4 Å². The van der Waals surface area contributed by atoms with E-state index in [9.17, 15) is 9.59 Å². The Hall–Kier alpha value is -3.48. The molecule has 2 heterocycles. The number of carbonyl (C=O) groups excluding carboxylic acids is 2. The van der Waals surface area contributed by atoms with Gasteiger partial charge in [0.05, 0.1) is 18.4 Å². The second-order valence-corrected chi connectivity index (χ2v) is 5.61. The van der Waals surface area contributed by atoms with Crippen LogP contribution in [0.4, 0.5) is 5.82 Å². The Morgan fingerprint density at radius 3 is 2.58 bits per heavy atom. The van der Waals surface area contributed by atoms with E-state index in [4.69, 9.17) is 4.74 Å². The first-order valence-electron chi connectivity index (χ1n) is 8.07. The largest absolute Gasteiger partial charge is 0.484 e. The predicted octanol–water partition coefficient (Wildman–Crippen LogP) is 2.55. The third-order valence-electron chi connectivity index (χ3n) is 3.65. The van der Waals surface area contributed by atoms with Gasteiger partial charge in [0.2, 0.25) is 0 Å². The van der Waals surface area contributed by atoms with Gasteiger partial charge in [-0.2, -0.15) is 5.10 Å². The summed E-state index contributed by atoms with van der Waals surface area (Å²) < 4.78 is 7.10. The van der Waals surface area contributed by atoms with Gasteiger partial charge in [0.25, 0.3) is 5.91 Å². The molecule has 0 bridgehead atoms. The summed E-state index contributed by atoms with van der Waals surface area (Å²) in [5.41, 5.74) is 1.44. The molecule has 3 aromatic rings. The molecule has 0 aliphatic rings. The fourth-order valence-electron chi connectivity index (χ4n) is 2.32. The highest BCUT2D eigenvalue weighted by molar-refractivity contribution is 5.94. The highest BCUT2D eigenvalue weighted by atomic mass is 16.5. The number of benzene rings is 1. The van der Waals surface area contributed by atoms with Crippen LogP contribution in [0, 0.1) is 0 Å². The van der Waals surface area contributed by atoms with Gasteiger partial charge >= 0.3 is 0 Å². The summed E-state index contributed by atoms with van der Waals surface area (Å²) in [5, 5.41) is 6.96. The van der Waals surface area contributed by atoms with E-state index in [-0.39, 0.29) is 18.3 Å². The van der Waals surface area contributed by atoms with Crippen LogP contribution in [0.2, 0.25) is 0 Å². The monoisotopic (exact) mass is 350 g/mol. The second-order valence-electron chi connectivity index (χ2n) is 5.61. The highest BCUT2D eigenvalue weighted by Crippen LogP contribution is 2.13. The summed E-state index contributed by atoms with van der Waals surface area (Å²) in [6, 6.07) is 14.0. The minimum absolute atomic E-state index is 0.0181. The van der Waals surface area contributed by atoms with Gasteiger partial charge in [0.1, 0.15) is 11.6 Å². The van der Waals surface area contributed by atoms with Crippen LogP contribution in [0.3, 0.4) is 0 Å². The molecule has 0 saturated heterocycles. The van der Waals surface area contributed by atoms with Gasteiger partial charge in [-0.15, -0.1) is 0 Å². The normalized spacial score (nSPS) is 10.3. The van der Waals surface area contributed by atoms with E-state index in [1.54, 1.807) is 47.4 Å². The second kappa shape index (κ2) is 8.06. The molecular formula is C19H18N4O3. The van der Waals surface area contributed by atoms with Gasteiger partial charge in [-0.05, 0) is 43.3 Å². The zero-order valence-corrected chi connectivity index (χ0v) is 14.3. The lowest BCUT2D eigenvalue weighted by Gasteiger charge is -2.10. The predicted molar refractivity (Wildman–Crippen MR) is 96.1 cm³/mol. The molecule has 7 heteroatoms. The molecule has 1 amide bonds. The maximum absolute atomic E-state index is 12.1. The Labute approximate surface area is 150 Å². The molecule has 0 atom stereocenters. The molecule has 0 aliphatic heterocycles. The van der Waals surface area contributed by atoms with E-state index in [0.717, 1.165) is 5.69 Å². The smallest absolute Gasteiger partial charge is 0.263 e. The quantitative estimate of drug-likeness (QED) is 0.662. The van der Waals surface area contributed by atoms with Crippen LogP contribution in [0.25, 0.3) is 0 Å². The number of pyridine rings is 1. The van der Waals surface area contributed by atoms with Crippen molar-refractivity contribution in [1.82, 2.24) is 14.8 Å². The number of ether oxygens (including phenoxy) is 1. The van der Waals surface area contributed by atoms with E-state index < -0.39 is 0 Å². The van der Waals surface area contributed by atoms with Crippen molar-refractivity contribution in [2.45, 2.75) is 13.5 Å². The first-order chi connectivity index (χ1) is 12.6. The van der Waals surface area contributed by atoms with E-state index in [0.29, 0.717) is 23.7 Å². The van der Waals surface area contributed by atoms with Crippen molar-refractivity contribution in [3.05, 3.63) is 72.2 Å². The average molecular weight is 350 g/mol. The Kier molecular flexibility index (Phi) is 5.38. The number of ketones is 1. The standard InChI is InChI=1S/C19H18N4O3/c1-14(24)15-5-7-17(8-6-15)26-13-19(25)22-18-9-11-21-23(18)12-16-4-2-3-10-20-16/h2-11H,12-13H2,1H3,(H,22,25). The lowest BCUT2D eigenvalue weighted by atomic mass is 10.1. The fourth-order valence-corrected chi connectivity index (χ4v) is 2.32. The van der Waals surface area contributed by atoms with Gasteiger partial charge in [0, 0.05) is 17.8 Å². The molecule has 2 aromatic heterocycles. The maximum Gasteiger partial charge on any atom is 0.263 e. The fraction of sp³-hybridized carbons (Fsp3) is 0.158. The Balaban J connectivity index is 1.55. The lowest BCUT2D eigenvalue weighted by molar-refractivity contribution is -0.118. The number of hydrogen-bond acceptors (Lipinski definition) is 5. The van der Waals surface area contributed by atoms with Crippen LogP contribution in [-0.2, 0) is 11.3 Å². The van der Waals surface area contributed by atoms with Crippen molar-refractivity contribution < 1.29 is 14.3 Å². The average Bonchev–Trinajstić information content (AvgIpc) is 3.08. The van der Waals surface area contributed by atoms with Gasteiger partial charge < -0.3 is 10.1 Å². The number of amides is 1. The highest BCUT2D eigenvalue weighted by Gasteiger charge is 2.09. The van der Waals surface area contributed by atoms with Crippen LogP contribution in [0.5, 0.6) is 5.75 Å². The third kappa shape index (κ3) is 4.54. The summed E-state index contributed by atoms with van der Waals surface area (Å²) >= 11 is 0. The van der Waals surface area contributed by atoms with Crippen LogP contribution < -0.4 is 10.1 Å². The minimum atomic E-state index is -0.302. The zero-order valence-electron chi connectivity index (χ0n) is 14.3. The summed E-state index contributed by atoms with van der Waals surface area (Å²) in [4.78, 5) is 27.6. The van der Waals surface area contributed by atoms with Crippen molar-refractivity contribution in [2.24, 2.45) is 0 Å². The summed E-state index contributed by atoms with van der Waals surface area (Å²) in [6.45, 7) is 1.81. The SMILES string of the molecule is CC(=O)c1ccc(OCC(=O)Nc2ccnn2Cc2ccccn2)cc1. The molecule has 26 heavy (non-hydrogen) atoms. The minimum Gasteiger partial charge on any atom is -0.484 e. The van der Waals surface area contributed by atoms with E-state index in [1.807, 2.05) is 18.2 Å². The third-order valence-corrected chi connectivity index (χ3v) is 3.65. The molecule has 0 fully saturated rings. The van der Waals surface area contributed by atoms with Crippen molar-refractivity contribution in [1.29, 1.82) is 0 Å². The first kappa shape index (κ1) is 17.3. The Morgan fingerprint density at radius 2 is 1.88 bits per heavy atom.